The van der Waals surface area contributed by atoms with E-state index < -0.39 is 0 Å². The summed E-state index contributed by atoms with van der Waals surface area (Å²) in [6.07, 6.45) is 6.66. The molecule has 2 aromatic rings. The lowest BCUT2D eigenvalue weighted by molar-refractivity contribution is -0.133. The van der Waals surface area contributed by atoms with E-state index in [-0.39, 0.29) is 24.7 Å². The second kappa shape index (κ2) is 8.59. The highest BCUT2D eigenvalue weighted by molar-refractivity contribution is 5.84. The van der Waals surface area contributed by atoms with Crippen LogP contribution in [0.2, 0.25) is 0 Å². The Morgan fingerprint density at radius 2 is 1.82 bits per heavy atom. The largest absolute Gasteiger partial charge is 0.353 e. The summed E-state index contributed by atoms with van der Waals surface area (Å²) in [5.41, 5.74) is 4.41. The second-order valence-corrected chi connectivity index (χ2v) is 7.83. The van der Waals surface area contributed by atoms with Gasteiger partial charge in [0.15, 0.2) is 0 Å². The summed E-state index contributed by atoms with van der Waals surface area (Å²) < 4.78 is 0. The number of amides is 2. The van der Waals surface area contributed by atoms with Gasteiger partial charge in [0.05, 0.1) is 5.69 Å². The van der Waals surface area contributed by atoms with Gasteiger partial charge in [-0.05, 0) is 19.3 Å². The molecular formula is C22H28N4O2. The number of nitrogens with one attached hydrogen (secondary N) is 2. The number of rotatable bonds is 5. The van der Waals surface area contributed by atoms with Gasteiger partial charge in [0.2, 0.25) is 11.8 Å². The molecule has 1 aliphatic heterocycles. The molecule has 2 aliphatic rings. The molecule has 6 nitrogen and oxygen atoms in total. The van der Waals surface area contributed by atoms with Gasteiger partial charge in [0.25, 0.3) is 0 Å². The smallest absolute Gasteiger partial charge is 0.223 e. The molecule has 0 saturated heterocycles. The number of aromatic amines is 1. The van der Waals surface area contributed by atoms with Crippen LogP contribution in [-0.2, 0) is 22.4 Å². The fraction of sp³-hybridized carbons (Fsp3) is 0.500. The molecule has 0 atom stereocenters. The molecule has 0 bridgehead atoms. The van der Waals surface area contributed by atoms with Crippen molar-refractivity contribution in [3.05, 3.63) is 41.6 Å². The molecule has 1 fully saturated rings. The number of fused-ring (bicyclic) bond motifs is 1. The monoisotopic (exact) mass is 380 g/mol. The Balaban J connectivity index is 1.32. The van der Waals surface area contributed by atoms with Crippen molar-refractivity contribution < 1.29 is 9.59 Å². The molecule has 2 amide bonds. The molecule has 1 aliphatic carbocycles. The van der Waals surface area contributed by atoms with Crippen LogP contribution in [0.15, 0.2) is 30.3 Å². The van der Waals surface area contributed by atoms with Crippen LogP contribution >= 0.6 is 0 Å². The van der Waals surface area contributed by atoms with Crippen LogP contribution in [0.1, 0.15) is 49.8 Å². The van der Waals surface area contributed by atoms with Gasteiger partial charge in [0, 0.05) is 55.2 Å². The first-order chi connectivity index (χ1) is 13.7. The van der Waals surface area contributed by atoms with Crippen molar-refractivity contribution in [3.63, 3.8) is 0 Å². The highest BCUT2D eigenvalue weighted by Crippen LogP contribution is 2.26. The maximum Gasteiger partial charge on any atom is 0.223 e. The van der Waals surface area contributed by atoms with Crippen LogP contribution in [0, 0.1) is 0 Å². The van der Waals surface area contributed by atoms with Crippen molar-refractivity contribution in [3.8, 4) is 11.3 Å². The van der Waals surface area contributed by atoms with Gasteiger partial charge < -0.3 is 10.2 Å². The zero-order valence-corrected chi connectivity index (χ0v) is 16.2. The SMILES string of the molecule is O=C(CCC(=O)N1CCc2[nH]nc(-c3ccccc3)c2CC1)NC1CCCC1. The summed E-state index contributed by atoms with van der Waals surface area (Å²) in [4.78, 5) is 26.6. The number of carbonyl (C=O) groups excluding carboxylic acids is 2. The maximum absolute atomic E-state index is 12.6. The molecule has 1 aromatic carbocycles. The molecule has 4 rings (SSSR count). The Hall–Kier alpha value is -2.63. The average Bonchev–Trinajstić information content (AvgIpc) is 3.32. The van der Waals surface area contributed by atoms with Gasteiger partial charge in [-0.15, -0.1) is 0 Å². The first-order valence-electron chi connectivity index (χ1n) is 10.4. The Bertz CT molecular complexity index is 824. The predicted octanol–water partition coefficient (Wildman–Crippen LogP) is 2.84. The fourth-order valence-corrected chi connectivity index (χ4v) is 4.32. The molecule has 2 N–H and O–H groups in total. The second-order valence-electron chi connectivity index (χ2n) is 7.83. The lowest BCUT2D eigenvalue weighted by Crippen LogP contribution is -2.36. The van der Waals surface area contributed by atoms with Gasteiger partial charge in [-0.25, -0.2) is 0 Å². The molecule has 2 heterocycles. The standard InChI is InChI=1S/C22H28N4O2/c27-20(23-17-8-4-5-9-17)10-11-21(28)26-14-12-18-19(13-15-26)24-25-22(18)16-6-2-1-3-7-16/h1-3,6-7,17H,4-5,8-15H2,(H,23,27)(H,24,25). The minimum Gasteiger partial charge on any atom is -0.353 e. The molecule has 148 valence electrons. The Labute approximate surface area is 165 Å². The van der Waals surface area contributed by atoms with E-state index in [1.807, 2.05) is 23.1 Å². The van der Waals surface area contributed by atoms with E-state index >= 15 is 0 Å². The third kappa shape index (κ3) is 4.26. The van der Waals surface area contributed by atoms with Crippen molar-refractivity contribution in [2.45, 2.75) is 57.4 Å². The van der Waals surface area contributed by atoms with Gasteiger partial charge in [-0.2, -0.15) is 5.10 Å². The van der Waals surface area contributed by atoms with E-state index in [1.54, 1.807) is 0 Å². The van der Waals surface area contributed by atoms with Crippen molar-refractivity contribution in [2.75, 3.05) is 13.1 Å². The van der Waals surface area contributed by atoms with Crippen molar-refractivity contribution in [1.29, 1.82) is 0 Å². The predicted molar refractivity (Wildman–Crippen MR) is 108 cm³/mol. The number of hydrogen-bond acceptors (Lipinski definition) is 3. The molecule has 0 radical (unpaired) electrons. The number of nitrogens with zero attached hydrogens (tertiary/aromatic N) is 2. The average molecular weight is 380 g/mol. The zero-order valence-electron chi connectivity index (χ0n) is 16.2. The molecule has 6 heteroatoms. The summed E-state index contributed by atoms with van der Waals surface area (Å²) in [6, 6.07) is 10.5. The van der Waals surface area contributed by atoms with E-state index in [1.165, 1.54) is 18.4 Å². The van der Waals surface area contributed by atoms with Gasteiger partial charge in [-0.3, -0.25) is 14.7 Å². The van der Waals surface area contributed by atoms with Crippen LogP contribution in [-0.4, -0.2) is 46.0 Å². The number of aromatic nitrogens is 2. The third-order valence-corrected chi connectivity index (χ3v) is 5.90. The van der Waals surface area contributed by atoms with Gasteiger partial charge in [-0.1, -0.05) is 43.2 Å². The highest BCUT2D eigenvalue weighted by atomic mass is 16.2. The van der Waals surface area contributed by atoms with Crippen LogP contribution in [0.25, 0.3) is 11.3 Å². The summed E-state index contributed by atoms with van der Waals surface area (Å²) in [6.45, 7) is 1.35. The van der Waals surface area contributed by atoms with E-state index in [0.717, 1.165) is 42.6 Å². The Kier molecular flexibility index (Phi) is 5.74. The molecule has 28 heavy (non-hydrogen) atoms. The molecular weight excluding hydrogens is 352 g/mol. The molecule has 0 unspecified atom stereocenters. The van der Waals surface area contributed by atoms with E-state index in [0.29, 0.717) is 19.1 Å². The van der Waals surface area contributed by atoms with E-state index in [9.17, 15) is 9.59 Å². The summed E-state index contributed by atoms with van der Waals surface area (Å²) >= 11 is 0. The van der Waals surface area contributed by atoms with Crippen LogP contribution in [0.3, 0.4) is 0 Å². The lowest BCUT2D eigenvalue weighted by Gasteiger charge is -2.20. The molecule has 1 saturated carbocycles. The van der Waals surface area contributed by atoms with Crippen LogP contribution in [0.4, 0.5) is 0 Å². The summed E-state index contributed by atoms with van der Waals surface area (Å²) in [7, 11) is 0. The van der Waals surface area contributed by atoms with Crippen LogP contribution in [0.5, 0.6) is 0 Å². The third-order valence-electron chi connectivity index (χ3n) is 5.90. The van der Waals surface area contributed by atoms with Crippen LogP contribution < -0.4 is 5.32 Å². The Morgan fingerprint density at radius 3 is 2.61 bits per heavy atom. The lowest BCUT2D eigenvalue weighted by atomic mass is 10.0. The maximum atomic E-state index is 12.6. The van der Waals surface area contributed by atoms with E-state index in [2.05, 4.69) is 27.6 Å². The van der Waals surface area contributed by atoms with Crippen molar-refractivity contribution in [1.82, 2.24) is 20.4 Å². The number of benzene rings is 1. The van der Waals surface area contributed by atoms with E-state index in [4.69, 9.17) is 0 Å². The van der Waals surface area contributed by atoms with Gasteiger partial charge in [0.1, 0.15) is 0 Å². The molecule has 1 aromatic heterocycles. The first kappa shape index (κ1) is 18.7. The number of carbonyl (C=O) groups is 2. The summed E-state index contributed by atoms with van der Waals surface area (Å²) in [5.74, 6) is 0.0804. The van der Waals surface area contributed by atoms with Crippen molar-refractivity contribution >= 4 is 11.8 Å². The minimum absolute atomic E-state index is 0.0101. The van der Waals surface area contributed by atoms with Gasteiger partial charge >= 0.3 is 0 Å². The number of hydrogen-bond donors (Lipinski definition) is 2. The Morgan fingerprint density at radius 1 is 1.07 bits per heavy atom. The number of H-pyrrole nitrogens is 1. The molecule has 0 spiro atoms. The topological polar surface area (TPSA) is 78.1 Å². The summed E-state index contributed by atoms with van der Waals surface area (Å²) in [5, 5.41) is 10.7. The van der Waals surface area contributed by atoms with Crippen molar-refractivity contribution in [2.24, 2.45) is 0 Å². The first-order valence-corrected chi connectivity index (χ1v) is 10.4. The normalized spacial score (nSPS) is 17.2. The quantitative estimate of drug-likeness (QED) is 0.837. The minimum atomic E-state index is 0.0101. The highest BCUT2D eigenvalue weighted by Gasteiger charge is 2.24. The fourth-order valence-electron chi connectivity index (χ4n) is 4.32. The zero-order chi connectivity index (χ0) is 19.3.